The van der Waals surface area contributed by atoms with E-state index in [4.69, 9.17) is 14.1 Å². The van der Waals surface area contributed by atoms with Crippen LogP contribution in [0.2, 0.25) is 0 Å². The fourth-order valence-corrected chi connectivity index (χ4v) is 3.03. The molecule has 1 N–H and O–H groups in total. The lowest BCUT2D eigenvalue weighted by atomic mass is 10.2. The van der Waals surface area contributed by atoms with Crippen LogP contribution in [0.1, 0.15) is 26.7 Å². The summed E-state index contributed by atoms with van der Waals surface area (Å²) < 4.78 is 10.8. The number of anilines is 1. The molecule has 7 heteroatoms. The molecule has 0 spiro atoms. The maximum absolute atomic E-state index is 12.3. The molecule has 7 nitrogen and oxygen atoms in total. The standard InChI is InChI=1S/C22H28N4O3/c1-4-16(2)23-20(27)11-12-26(13-15-28-3)22-17-8-5-6-9-18(17)24-21(25-22)19-10-7-14-29-19/h5-10,14,16H,4,11-13,15H2,1-3H3,(H,23,27)/t16-/m1/s1. The van der Waals surface area contributed by atoms with Gasteiger partial charge in [0, 0.05) is 38.0 Å². The first-order valence-electron chi connectivity index (χ1n) is 9.96. The van der Waals surface area contributed by atoms with Crippen LogP contribution in [-0.2, 0) is 9.53 Å². The molecule has 0 aliphatic rings. The Morgan fingerprint density at radius 2 is 2.03 bits per heavy atom. The van der Waals surface area contributed by atoms with Crippen molar-refractivity contribution in [2.45, 2.75) is 32.7 Å². The summed E-state index contributed by atoms with van der Waals surface area (Å²) in [4.78, 5) is 23.8. The van der Waals surface area contributed by atoms with Crippen molar-refractivity contribution in [3.63, 3.8) is 0 Å². The molecule has 0 saturated carbocycles. The van der Waals surface area contributed by atoms with E-state index in [0.717, 1.165) is 23.1 Å². The number of para-hydroxylation sites is 1. The highest BCUT2D eigenvalue weighted by Gasteiger charge is 2.18. The Morgan fingerprint density at radius 1 is 1.21 bits per heavy atom. The summed E-state index contributed by atoms with van der Waals surface area (Å²) in [7, 11) is 1.67. The average molecular weight is 396 g/mol. The fourth-order valence-electron chi connectivity index (χ4n) is 3.03. The van der Waals surface area contributed by atoms with Crippen LogP contribution >= 0.6 is 0 Å². The van der Waals surface area contributed by atoms with Crippen molar-refractivity contribution in [1.29, 1.82) is 0 Å². The molecule has 1 amide bonds. The number of hydrogen-bond acceptors (Lipinski definition) is 6. The minimum atomic E-state index is 0.0337. The van der Waals surface area contributed by atoms with E-state index >= 15 is 0 Å². The fraction of sp³-hybridized carbons (Fsp3) is 0.409. The van der Waals surface area contributed by atoms with Gasteiger partial charge in [0.2, 0.25) is 5.91 Å². The lowest BCUT2D eigenvalue weighted by Crippen LogP contribution is -2.36. The topological polar surface area (TPSA) is 80.5 Å². The number of rotatable bonds is 10. The molecule has 1 atom stereocenters. The van der Waals surface area contributed by atoms with Crippen LogP contribution in [0.4, 0.5) is 5.82 Å². The van der Waals surface area contributed by atoms with Crippen molar-refractivity contribution in [2.75, 3.05) is 31.7 Å². The highest BCUT2D eigenvalue weighted by molar-refractivity contribution is 5.91. The first-order chi connectivity index (χ1) is 14.1. The zero-order valence-corrected chi connectivity index (χ0v) is 17.2. The molecule has 0 radical (unpaired) electrons. The second kappa shape index (κ2) is 10.0. The van der Waals surface area contributed by atoms with Gasteiger partial charge in [-0.05, 0) is 37.6 Å². The SMILES string of the molecule is CC[C@@H](C)NC(=O)CCN(CCOC)c1nc(-c2ccco2)nc2ccccc12. The molecule has 2 heterocycles. The molecular weight excluding hydrogens is 368 g/mol. The Balaban J connectivity index is 1.92. The predicted molar refractivity (Wildman–Crippen MR) is 114 cm³/mol. The van der Waals surface area contributed by atoms with Crippen molar-refractivity contribution in [2.24, 2.45) is 0 Å². The van der Waals surface area contributed by atoms with Crippen LogP contribution in [0.3, 0.4) is 0 Å². The van der Waals surface area contributed by atoms with Gasteiger partial charge in [-0.3, -0.25) is 4.79 Å². The monoisotopic (exact) mass is 396 g/mol. The largest absolute Gasteiger partial charge is 0.461 e. The number of carbonyl (C=O) groups is 1. The maximum Gasteiger partial charge on any atom is 0.221 e. The summed E-state index contributed by atoms with van der Waals surface area (Å²) in [6.45, 7) is 5.74. The summed E-state index contributed by atoms with van der Waals surface area (Å²) >= 11 is 0. The van der Waals surface area contributed by atoms with Gasteiger partial charge in [0.15, 0.2) is 11.6 Å². The van der Waals surface area contributed by atoms with Gasteiger partial charge < -0.3 is 19.4 Å². The lowest BCUT2D eigenvalue weighted by molar-refractivity contribution is -0.121. The number of nitrogens with zero attached hydrogens (tertiary/aromatic N) is 3. The predicted octanol–water partition coefficient (Wildman–Crippen LogP) is 3.65. The van der Waals surface area contributed by atoms with Crippen LogP contribution in [0, 0.1) is 0 Å². The highest BCUT2D eigenvalue weighted by atomic mass is 16.5. The Kier molecular flexibility index (Phi) is 7.19. The van der Waals surface area contributed by atoms with E-state index < -0.39 is 0 Å². The second-order valence-electron chi connectivity index (χ2n) is 6.97. The van der Waals surface area contributed by atoms with Gasteiger partial charge in [-0.1, -0.05) is 19.1 Å². The van der Waals surface area contributed by atoms with Crippen LogP contribution in [0.5, 0.6) is 0 Å². The molecular formula is C22H28N4O3. The molecule has 2 aromatic heterocycles. The zero-order chi connectivity index (χ0) is 20.6. The number of benzene rings is 1. The van der Waals surface area contributed by atoms with E-state index in [2.05, 4.69) is 22.1 Å². The molecule has 3 aromatic rings. The van der Waals surface area contributed by atoms with Gasteiger partial charge in [-0.2, -0.15) is 0 Å². The average Bonchev–Trinajstić information content (AvgIpc) is 3.28. The highest BCUT2D eigenvalue weighted by Crippen LogP contribution is 2.27. The van der Waals surface area contributed by atoms with Crippen molar-refractivity contribution < 1.29 is 13.9 Å². The van der Waals surface area contributed by atoms with Gasteiger partial charge in [0.05, 0.1) is 18.4 Å². The Labute approximate surface area is 171 Å². The van der Waals surface area contributed by atoms with Gasteiger partial charge in [-0.25, -0.2) is 9.97 Å². The maximum atomic E-state index is 12.3. The number of methoxy groups -OCH3 is 1. The number of ether oxygens (including phenoxy) is 1. The van der Waals surface area contributed by atoms with E-state index in [1.165, 1.54) is 0 Å². The van der Waals surface area contributed by atoms with E-state index in [1.54, 1.807) is 13.4 Å². The number of carbonyl (C=O) groups excluding carboxylic acids is 1. The van der Waals surface area contributed by atoms with Crippen LogP contribution in [-0.4, -0.2) is 48.7 Å². The Bertz CT molecular complexity index is 927. The normalized spacial score (nSPS) is 12.1. The van der Waals surface area contributed by atoms with Gasteiger partial charge in [0.1, 0.15) is 5.82 Å². The Morgan fingerprint density at radius 3 is 2.76 bits per heavy atom. The summed E-state index contributed by atoms with van der Waals surface area (Å²) in [5.41, 5.74) is 0.829. The summed E-state index contributed by atoms with van der Waals surface area (Å²) in [6.07, 6.45) is 2.89. The molecule has 0 unspecified atom stereocenters. The van der Waals surface area contributed by atoms with Gasteiger partial charge in [0.25, 0.3) is 0 Å². The van der Waals surface area contributed by atoms with Crippen molar-refractivity contribution in [1.82, 2.24) is 15.3 Å². The molecule has 0 aliphatic heterocycles. The van der Waals surface area contributed by atoms with Gasteiger partial charge in [-0.15, -0.1) is 0 Å². The zero-order valence-electron chi connectivity index (χ0n) is 17.2. The smallest absolute Gasteiger partial charge is 0.221 e. The van der Waals surface area contributed by atoms with Crippen molar-refractivity contribution in [3.05, 3.63) is 42.7 Å². The van der Waals surface area contributed by atoms with Crippen LogP contribution in [0.15, 0.2) is 47.1 Å². The third-order valence-corrected chi connectivity index (χ3v) is 4.82. The molecule has 154 valence electrons. The first-order valence-corrected chi connectivity index (χ1v) is 9.96. The molecule has 0 bridgehead atoms. The second-order valence-corrected chi connectivity index (χ2v) is 6.97. The molecule has 0 saturated heterocycles. The molecule has 29 heavy (non-hydrogen) atoms. The lowest BCUT2D eigenvalue weighted by Gasteiger charge is -2.25. The minimum Gasteiger partial charge on any atom is -0.461 e. The van der Waals surface area contributed by atoms with Gasteiger partial charge >= 0.3 is 0 Å². The Hall–Kier alpha value is -2.93. The number of hydrogen-bond donors (Lipinski definition) is 1. The number of furan rings is 1. The number of nitrogens with one attached hydrogen (secondary N) is 1. The minimum absolute atomic E-state index is 0.0337. The van der Waals surface area contributed by atoms with E-state index in [1.807, 2.05) is 43.3 Å². The van der Waals surface area contributed by atoms with Crippen LogP contribution < -0.4 is 10.2 Å². The number of amides is 1. The molecule has 1 aromatic carbocycles. The molecule has 0 aliphatic carbocycles. The van der Waals surface area contributed by atoms with E-state index in [-0.39, 0.29) is 11.9 Å². The number of fused-ring (bicyclic) bond motifs is 1. The van der Waals surface area contributed by atoms with Crippen LogP contribution in [0.25, 0.3) is 22.5 Å². The van der Waals surface area contributed by atoms with E-state index in [0.29, 0.717) is 37.7 Å². The third-order valence-electron chi connectivity index (χ3n) is 4.82. The summed E-state index contributed by atoms with van der Waals surface area (Å²) in [6, 6.07) is 11.7. The molecule has 3 rings (SSSR count). The summed E-state index contributed by atoms with van der Waals surface area (Å²) in [5, 5.41) is 3.95. The quantitative estimate of drug-likeness (QED) is 0.563. The third kappa shape index (κ3) is 5.32. The summed E-state index contributed by atoms with van der Waals surface area (Å²) in [5.74, 6) is 1.94. The van der Waals surface area contributed by atoms with Crippen molar-refractivity contribution >= 4 is 22.6 Å². The number of aromatic nitrogens is 2. The molecule has 0 fully saturated rings. The van der Waals surface area contributed by atoms with E-state index in [9.17, 15) is 4.79 Å². The first kappa shape index (κ1) is 20.8. The van der Waals surface area contributed by atoms with Crippen molar-refractivity contribution in [3.8, 4) is 11.6 Å².